The molecule has 2 N–H and O–H groups in total. The zero-order chi connectivity index (χ0) is 9.26. The molecule has 0 amide bonds. The van der Waals surface area contributed by atoms with Crippen molar-refractivity contribution in [2.45, 2.75) is 6.92 Å². The lowest BCUT2D eigenvalue weighted by Crippen LogP contribution is -1.93. The summed E-state index contributed by atoms with van der Waals surface area (Å²) < 4.78 is 0. The van der Waals surface area contributed by atoms with Gasteiger partial charge in [-0.1, -0.05) is 0 Å². The Morgan fingerprint density at radius 1 is 1.38 bits per heavy atom. The monoisotopic (exact) mass is 192 g/mol. The van der Waals surface area contributed by atoms with Crippen molar-refractivity contribution in [3.8, 4) is 10.8 Å². The Hall–Kier alpha value is -1.49. The second kappa shape index (κ2) is 3.10. The van der Waals surface area contributed by atoms with E-state index in [2.05, 4.69) is 15.0 Å². The highest BCUT2D eigenvalue weighted by Gasteiger charge is 2.04. The average Bonchev–Trinajstić information content (AvgIpc) is 2.52. The zero-order valence-corrected chi connectivity index (χ0v) is 7.88. The highest BCUT2D eigenvalue weighted by Crippen LogP contribution is 2.19. The van der Waals surface area contributed by atoms with Crippen LogP contribution in [0.1, 0.15) is 5.69 Å². The van der Waals surface area contributed by atoms with Gasteiger partial charge in [0.1, 0.15) is 5.82 Å². The first-order valence-corrected chi connectivity index (χ1v) is 4.65. The Morgan fingerprint density at radius 3 is 2.85 bits per heavy atom. The maximum atomic E-state index is 5.53. The van der Waals surface area contributed by atoms with Crippen LogP contribution in [0.25, 0.3) is 10.8 Å². The van der Waals surface area contributed by atoms with Crippen LogP contribution in [0, 0.1) is 6.92 Å². The van der Waals surface area contributed by atoms with Crippen LogP contribution in [-0.4, -0.2) is 15.0 Å². The maximum absolute atomic E-state index is 5.53. The van der Waals surface area contributed by atoms with Crippen LogP contribution in [0.4, 0.5) is 5.82 Å². The number of aryl methyl sites for hydroxylation is 1. The molecule has 0 aliphatic heterocycles. The van der Waals surface area contributed by atoms with E-state index in [9.17, 15) is 0 Å². The molecular weight excluding hydrogens is 184 g/mol. The molecule has 5 heteroatoms. The fourth-order valence-corrected chi connectivity index (χ4v) is 1.67. The predicted molar refractivity (Wildman–Crippen MR) is 52.3 cm³/mol. The second-order valence-electron chi connectivity index (χ2n) is 2.60. The first kappa shape index (κ1) is 8.12. The van der Waals surface area contributed by atoms with Gasteiger partial charge >= 0.3 is 0 Å². The molecule has 4 nitrogen and oxygen atoms in total. The topological polar surface area (TPSA) is 64.7 Å². The molecule has 0 saturated carbocycles. The Balaban J connectivity index is 2.46. The minimum atomic E-state index is 0.470. The van der Waals surface area contributed by atoms with Crippen molar-refractivity contribution in [1.82, 2.24) is 15.0 Å². The highest BCUT2D eigenvalue weighted by molar-refractivity contribution is 7.13. The Kier molecular flexibility index (Phi) is 1.94. The van der Waals surface area contributed by atoms with Gasteiger partial charge in [-0.15, -0.1) is 11.3 Å². The number of nitrogens with two attached hydrogens (primary N) is 1. The van der Waals surface area contributed by atoms with Crippen molar-refractivity contribution in [2.24, 2.45) is 0 Å². The van der Waals surface area contributed by atoms with Gasteiger partial charge in [0.05, 0.1) is 0 Å². The van der Waals surface area contributed by atoms with Crippen molar-refractivity contribution in [3.05, 3.63) is 23.3 Å². The number of rotatable bonds is 1. The molecule has 0 aliphatic rings. The standard InChI is InChI=1S/C8H8N4S/c1-5-4-13-8(11-5)7-10-3-2-6(9)12-7/h2-4H,1H3,(H2,9,10,12). The number of hydrogen-bond acceptors (Lipinski definition) is 5. The minimum absolute atomic E-state index is 0.470. The first-order valence-electron chi connectivity index (χ1n) is 3.77. The first-order chi connectivity index (χ1) is 6.25. The van der Waals surface area contributed by atoms with Gasteiger partial charge in [0.15, 0.2) is 10.8 Å². The molecule has 0 saturated heterocycles. The Morgan fingerprint density at radius 2 is 2.23 bits per heavy atom. The molecule has 2 rings (SSSR count). The minimum Gasteiger partial charge on any atom is -0.384 e. The van der Waals surface area contributed by atoms with Crippen molar-refractivity contribution < 1.29 is 0 Å². The quantitative estimate of drug-likeness (QED) is 0.743. The summed E-state index contributed by atoms with van der Waals surface area (Å²) in [6.45, 7) is 1.94. The van der Waals surface area contributed by atoms with E-state index < -0.39 is 0 Å². The molecule has 0 aliphatic carbocycles. The fourth-order valence-electron chi connectivity index (χ4n) is 0.932. The van der Waals surface area contributed by atoms with E-state index in [-0.39, 0.29) is 0 Å². The molecule has 2 aromatic heterocycles. The van der Waals surface area contributed by atoms with Crippen molar-refractivity contribution in [1.29, 1.82) is 0 Å². The summed E-state index contributed by atoms with van der Waals surface area (Å²) in [6.07, 6.45) is 1.63. The number of hydrogen-bond donors (Lipinski definition) is 1. The molecule has 0 fully saturated rings. The number of anilines is 1. The SMILES string of the molecule is Cc1csc(-c2nccc(N)n2)n1. The summed E-state index contributed by atoms with van der Waals surface area (Å²) in [6, 6.07) is 1.66. The largest absolute Gasteiger partial charge is 0.384 e. The maximum Gasteiger partial charge on any atom is 0.190 e. The van der Waals surface area contributed by atoms with Gasteiger partial charge in [-0.2, -0.15) is 0 Å². The second-order valence-corrected chi connectivity index (χ2v) is 3.46. The average molecular weight is 192 g/mol. The molecular formula is C8H8N4S. The third kappa shape index (κ3) is 1.65. The summed E-state index contributed by atoms with van der Waals surface area (Å²) in [5.41, 5.74) is 6.51. The molecule has 0 atom stereocenters. The van der Waals surface area contributed by atoms with Crippen LogP contribution >= 0.6 is 11.3 Å². The van der Waals surface area contributed by atoms with Crippen molar-refractivity contribution in [3.63, 3.8) is 0 Å². The molecule has 2 aromatic rings. The van der Waals surface area contributed by atoms with Crippen molar-refractivity contribution >= 4 is 17.2 Å². The van der Waals surface area contributed by atoms with E-state index in [1.165, 1.54) is 11.3 Å². The summed E-state index contributed by atoms with van der Waals surface area (Å²) >= 11 is 1.52. The van der Waals surface area contributed by atoms with E-state index in [0.29, 0.717) is 11.6 Å². The smallest absolute Gasteiger partial charge is 0.190 e. The van der Waals surface area contributed by atoms with E-state index in [1.807, 2.05) is 12.3 Å². The molecule has 0 aromatic carbocycles. The van der Waals surface area contributed by atoms with Gasteiger partial charge in [-0.25, -0.2) is 15.0 Å². The summed E-state index contributed by atoms with van der Waals surface area (Å²) in [5, 5.41) is 2.77. The van der Waals surface area contributed by atoms with Gasteiger partial charge in [0.2, 0.25) is 0 Å². The normalized spacial score (nSPS) is 10.2. The van der Waals surface area contributed by atoms with E-state index in [1.54, 1.807) is 12.3 Å². The van der Waals surface area contributed by atoms with Gasteiger partial charge in [0, 0.05) is 17.3 Å². The fraction of sp³-hybridized carbons (Fsp3) is 0.125. The van der Waals surface area contributed by atoms with Crippen LogP contribution in [0.2, 0.25) is 0 Å². The van der Waals surface area contributed by atoms with Gasteiger partial charge in [-0.3, -0.25) is 0 Å². The highest BCUT2D eigenvalue weighted by atomic mass is 32.1. The van der Waals surface area contributed by atoms with E-state index in [4.69, 9.17) is 5.73 Å². The molecule has 2 heterocycles. The molecule has 0 spiro atoms. The molecule has 13 heavy (non-hydrogen) atoms. The van der Waals surface area contributed by atoms with E-state index in [0.717, 1.165) is 10.7 Å². The van der Waals surface area contributed by atoms with E-state index >= 15 is 0 Å². The van der Waals surface area contributed by atoms with Crippen LogP contribution in [0.3, 0.4) is 0 Å². The summed E-state index contributed by atoms with van der Waals surface area (Å²) in [4.78, 5) is 12.4. The lowest BCUT2D eigenvalue weighted by molar-refractivity contribution is 1.15. The van der Waals surface area contributed by atoms with Crippen LogP contribution in [-0.2, 0) is 0 Å². The van der Waals surface area contributed by atoms with Crippen LogP contribution in [0.5, 0.6) is 0 Å². The number of thiazole rings is 1. The number of nitrogens with zero attached hydrogens (tertiary/aromatic N) is 3. The molecule has 0 radical (unpaired) electrons. The van der Waals surface area contributed by atoms with Gasteiger partial charge in [-0.05, 0) is 13.0 Å². The van der Waals surface area contributed by atoms with Gasteiger partial charge < -0.3 is 5.73 Å². The third-order valence-corrected chi connectivity index (χ3v) is 2.44. The zero-order valence-electron chi connectivity index (χ0n) is 7.06. The number of nitrogen functional groups attached to an aromatic ring is 1. The summed E-state index contributed by atoms with van der Waals surface area (Å²) in [7, 11) is 0. The lowest BCUT2D eigenvalue weighted by atomic mass is 10.5. The van der Waals surface area contributed by atoms with Crippen LogP contribution < -0.4 is 5.73 Å². The Labute approximate surface area is 79.5 Å². The molecule has 0 bridgehead atoms. The molecule has 0 unspecified atom stereocenters. The summed E-state index contributed by atoms with van der Waals surface area (Å²) in [5.74, 6) is 1.07. The van der Waals surface area contributed by atoms with Crippen molar-refractivity contribution in [2.75, 3.05) is 5.73 Å². The number of aromatic nitrogens is 3. The Bertz CT molecular complexity index is 424. The molecule has 66 valence electrons. The third-order valence-electron chi connectivity index (χ3n) is 1.49. The lowest BCUT2D eigenvalue weighted by Gasteiger charge is -1.94. The van der Waals surface area contributed by atoms with Crippen LogP contribution in [0.15, 0.2) is 17.6 Å². The predicted octanol–water partition coefficient (Wildman–Crippen LogP) is 1.49. The van der Waals surface area contributed by atoms with Gasteiger partial charge in [0.25, 0.3) is 0 Å².